The largest absolute Gasteiger partial charge is 0.481 e. The lowest BCUT2D eigenvalue weighted by molar-refractivity contribution is -0.137. The van der Waals surface area contributed by atoms with Gasteiger partial charge in [0.15, 0.2) is 0 Å². The van der Waals surface area contributed by atoms with Crippen molar-refractivity contribution in [2.24, 2.45) is 11.1 Å². The number of rotatable bonds is 4. The smallest absolute Gasteiger partial charge is 0.312 e. The Labute approximate surface area is 83.7 Å². The Balaban J connectivity index is 4.24. The van der Waals surface area contributed by atoms with Crippen molar-refractivity contribution in [1.82, 2.24) is 5.32 Å². The molecule has 1 unspecified atom stereocenters. The third kappa shape index (κ3) is 7.39. The van der Waals surface area contributed by atoms with E-state index in [9.17, 15) is 9.59 Å². The van der Waals surface area contributed by atoms with Crippen LogP contribution < -0.4 is 11.1 Å². The van der Waals surface area contributed by atoms with Crippen molar-refractivity contribution in [3.63, 3.8) is 0 Å². The van der Waals surface area contributed by atoms with Crippen molar-refractivity contribution < 1.29 is 14.7 Å². The lowest BCUT2D eigenvalue weighted by Gasteiger charge is -2.25. The van der Waals surface area contributed by atoms with E-state index in [2.05, 4.69) is 5.32 Å². The summed E-state index contributed by atoms with van der Waals surface area (Å²) in [5.74, 6) is -0.937. The maximum atomic E-state index is 10.6. The maximum absolute atomic E-state index is 10.6. The predicted molar refractivity (Wildman–Crippen MR) is 52.8 cm³/mol. The number of nitrogens with two attached hydrogens (primary N) is 1. The first-order chi connectivity index (χ1) is 6.20. The molecule has 5 nitrogen and oxygen atoms in total. The number of carboxylic acids is 1. The van der Waals surface area contributed by atoms with E-state index in [0.29, 0.717) is 6.42 Å². The predicted octanol–water partition coefficient (Wildman–Crippen LogP) is 0.934. The second-order valence-corrected chi connectivity index (χ2v) is 4.57. The Hall–Kier alpha value is -1.26. The van der Waals surface area contributed by atoms with Crippen molar-refractivity contribution in [2.75, 3.05) is 0 Å². The normalized spacial score (nSPS) is 13.4. The van der Waals surface area contributed by atoms with Crippen LogP contribution in [0, 0.1) is 5.41 Å². The third-order valence-corrected chi connectivity index (χ3v) is 1.63. The van der Waals surface area contributed by atoms with Gasteiger partial charge in [0.2, 0.25) is 0 Å². The molecular weight excluding hydrogens is 184 g/mol. The summed E-state index contributed by atoms with van der Waals surface area (Å²) in [7, 11) is 0. The molecule has 0 aromatic rings. The molecule has 1 atom stereocenters. The van der Waals surface area contributed by atoms with E-state index in [1.54, 1.807) is 0 Å². The van der Waals surface area contributed by atoms with E-state index < -0.39 is 18.0 Å². The third-order valence-electron chi connectivity index (χ3n) is 1.63. The molecule has 82 valence electrons. The van der Waals surface area contributed by atoms with Gasteiger partial charge in [-0.15, -0.1) is 0 Å². The average Bonchev–Trinajstić information content (AvgIpc) is 1.77. The van der Waals surface area contributed by atoms with Crippen LogP contribution in [0.1, 0.15) is 33.6 Å². The number of hydrogen-bond acceptors (Lipinski definition) is 2. The van der Waals surface area contributed by atoms with Crippen LogP contribution in [0.25, 0.3) is 0 Å². The van der Waals surface area contributed by atoms with E-state index in [0.717, 1.165) is 0 Å². The number of aliphatic carboxylic acids is 1. The number of amides is 2. The summed E-state index contributed by atoms with van der Waals surface area (Å²) >= 11 is 0. The van der Waals surface area contributed by atoms with E-state index in [4.69, 9.17) is 10.8 Å². The summed E-state index contributed by atoms with van der Waals surface area (Å²) in [6, 6.07) is -1.08. The minimum Gasteiger partial charge on any atom is -0.481 e. The fraction of sp³-hybridized carbons (Fsp3) is 0.778. The van der Waals surface area contributed by atoms with Gasteiger partial charge in [-0.1, -0.05) is 20.8 Å². The minimum atomic E-state index is -0.937. The number of hydrogen-bond donors (Lipinski definition) is 3. The Morgan fingerprint density at radius 2 is 1.93 bits per heavy atom. The number of carbonyl (C=O) groups is 2. The Kier molecular flexibility index (Phi) is 4.40. The zero-order chi connectivity index (χ0) is 11.4. The molecule has 2 amide bonds. The van der Waals surface area contributed by atoms with Gasteiger partial charge in [0, 0.05) is 6.04 Å². The molecule has 0 aromatic carbocycles. The summed E-state index contributed by atoms with van der Waals surface area (Å²) < 4.78 is 0. The Morgan fingerprint density at radius 3 is 2.21 bits per heavy atom. The van der Waals surface area contributed by atoms with Crippen LogP contribution in [-0.2, 0) is 4.79 Å². The number of nitrogens with one attached hydrogen (secondary N) is 1. The summed E-state index contributed by atoms with van der Waals surface area (Å²) in [4.78, 5) is 21.1. The number of urea groups is 1. The van der Waals surface area contributed by atoms with Crippen LogP contribution in [0.5, 0.6) is 0 Å². The molecule has 0 fully saturated rings. The molecule has 0 heterocycles. The maximum Gasteiger partial charge on any atom is 0.312 e. The standard InChI is InChI=1S/C9H18N2O3/c1-9(2,3)5-6(4-7(12)13)11-8(10)14/h6H,4-5H2,1-3H3,(H,12,13)(H3,10,11,14). The molecule has 14 heavy (non-hydrogen) atoms. The second kappa shape index (κ2) is 4.83. The van der Waals surface area contributed by atoms with Gasteiger partial charge < -0.3 is 16.2 Å². The molecular formula is C9H18N2O3. The molecule has 4 N–H and O–H groups in total. The van der Waals surface area contributed by atoms with Crippen LogP contribution in [0.15, 0.2) is 0 Å². The second-order valence-electron chi connectivity index (χ2n) is 4.57. The van der Waals surface area contributed by atoms with Gasteiger partial charge in [-0.2, -0.15) is 0 Å². The number of primary amides is 1. The van der Waals surface area contributed by atoms with Gasteiger partial charge in [-0.25, -0.2) is 4.79 Å². The van der Waals surface area contributed by atoms with Crippen LogP contribution >= 0.6 is 0 Å². The average molecular weight is 202 g/mol. The lowest BCUT2D eigenvalue weighted by Crippen LogP contribution is -2.41. The molecule has 0 aliphatic heterocycles. The highest BCUT2D eigenvalue weighted by atomic mass is 16.4. The van der Waals surface area contributed by atoms with Crippen molar-refractivity contribution >= 4 is 12.0 Å². The lowest BCUT2D eigenvalue weighted by atomic mass is 9.87. The highest BCUT2D eigenvalue weighted by molar-refractivity contribution is 5.74. The summed E-state index contributed by atoms with van der Waals surface area (Å²) in [5.41, 5.74) is 4.91. The molecule has 0 aliphatic rings. The fourth-order valence-corrected chi connectivity index (χ4v) is 1.33. The molecule has 0 saturated carbocycles. The van der Waals surface area contributed by atoms with Crippen LogP contribution in [-0.4, -0.2) is 23.1 Å². The van der Waals surface area contributed by atoms with Gasteiger partial charge in [-0.05, 0) is 11.8 Å². The van der Waals surface area contributed by atoms with E-state index in [-0.39, 0.29) is 11.8 Å². The van der Waals surface area contributed by atoms with Gasteiger partial charge in [0.05, 0.1) is 6.42 Å². The van der Waals surface area contributed by atoms with Gasteiger partial charge in [0.1, 0.15) is 0 Å². The van der Waals surface area contributed by atoms with Crippen molar-refractivity contribution in [3.8, 4) is 0 Å². The van der Waals surface area contributed by atoms with E-state index in [1.807, 2.05) is 20.8 Å². The van der Waals surface area contributed by atoms with Gasteiger partial charge in [-0.3, -0.25) is 4.79 Å². The fourth-order valence-electron chi connectivity index (χ4n) is 1.33. The molecule has 0 saturated heterocycles. The van der Waals surface area contributed by atoms with Crippen molar-refractivity contribution in [1.29, 1.82) is 0 Å². The molecule has 0 bridgehead atoms. The quantitative estimate of drug-likeness (QED) is 0.633. The molecule has 0 aliphatic carbocycles. The van der Waals surface area contributed by atoms with Crippen LogP contribution in [0.2, 0.25) is 0 Å². The molecule has 0 aromatic heterocycles. The first kappa shape index (κ1) is 12.7. The van der Waals surface area contributed by atoms with Crippen molar-refractivity contribution in [3.05, 3.63) is 0 Å². The SMILES string of the molecule is CC(C)(C)CC(CC(=O)O)NC(N)=O. The number of carboxylic acid groups (broad SMARTS) is 1. The summed E-state index contributed by atoms with van der Waals surface area (Å²) in [5, 5.41) is 11.0. The summed E-state index contributed by atoms with van der Waals surface area (Å²) in [6.07, 6.45) is 0.489. The van der Waals surface area contributed by atoms with Gasteiger partial charge in [0.25, 0.3) is 0 Å². The Morgan fingerprint density at radius 1 is 1.43 bits per heavy atom. The first-order valence-electron chi connectivity index (χ1n) is 4.48. The minimum absolute atomic E-state index is 0.0391. The first-order valence-corrected chi connectivity index (χ1v) is 4.48. The van der Waals surface area contributed by atoms with Crippen LogP contribution in [0.3, 0.4) is 0 Å². The summed E-state index contributed by atoms with van der Waals surface area (Å²) in [6.45, 7) is 5.93. The number of carbonyl (C=O) groups excluding carboxylic acids is 1. The van der Waals surface area contributed by atoms with Gasteiger partial charge >= 0.3 is 12.0 Å². The molecule has 0 radical (unpaired) electrons. The zero-order valence-corrected chi connectivity index (χ0v) is 8.83. The van der Waals surface area contributed by atoms with Crippen molar-refractivity contribution in [2.45, 2.75) is 39.7 Å². The zero-order valence-electron chi connectivity index (χ0n) is 8.83. The Bertz CT molecular complexity index is 205. The molecule has 0 rings (SSSR count). The highest BCUT2D eigenvalue weighted by Crippen LogP contribution is 2.21. The van der Waals surface area contributed by atoms with Crippen LogP contribution in [0.4, 0.5) is 4.79 Å². The molecule has 0 spiro atoms. The topological polar surface area (TPSA) is 92.4 Å². The highest BCUT2D eigenvalue weighted by Gasteiger charge is 2.21. The van der Waals surface area contributed by atoms with E-state index in [1.165, 1.54) is 0 Å². The molecule has 5 heteroatoms. The monoisotopic (exact) mass is 202 g/mol. The van der Waals surface area contributed by atoms with E-state index >= 15 is 0 Å².